The Morgan fingerprint density at radius 2 is 2.10 bits per heavy atom. The molecule has 0 aliphatic carbocycles. The molecule has 3 heterocycles. The normalized spacial score (nSPS) is 10.8. The van der Waals surface area contributed by atoms with E-state index in [1.54, 1.807) is 32.2 Å². The third kappa shape index (κ3) is 2.27. The molecule has 0 aromatic carbocycles. The number of nitrogens with zero attached hydrogens (tertiary/aromatic N) is 5. The van der Waals surface area contributed by atoms with Crippen LogP contribution >= 0.6 is 0 Å². The third-order valence-corrected chi connectivity index (χ3v) is 2.98. The zero-order valence-electron chi connectivity index (χ0n) is 11.3. The van der Waals surface area contributed by atoms with Gasteiger partial charge >= 0.3 is 5.97 Å². The molecule has 0 atom stereocenters. The van der Waals surface area contributed by atoms with Crippen LogP contribution in [0.3, 0.4) is 0 Å². The molecular weight excluding hydrogens is 274 g/mol. The summed E-state index contributed by atoms with van der Waals surface area (Å²) in [6, 6.07) is 3.47. The van der Waals surface area contributed by atoms with Crippen LogP contribution in [-0.2, 0) is 0 Å². The van der Waals surface area contributed by atoms with E-state index in [1.165, 1.54) is 10.9 Å². The summed E-state index contributed by atoms with van der Waals surface area (Å²) in [5, 5.41) is 16.8. The van der Waals surface area contributed by atoms with Gasteiger partial charge in [-0.25, -0.2) is 14.5 Å². The van der Waals surface area contributed by atoms with Gasteiger partial charge in [0.05, 0.1) is 17.5 Å². The number of hydrogen-bond acceptors (Lipinski definition) is 6. The second kappa shape index (κ2) is 4.82. The van der Waals surface area contributed by atoms with Gasteiger partial charge in [0.1, 0.15) is 5.56 Å². The molecule has 0 aliphatic heterocycles. The maximum Gasteiger partial charge on any atom is 0.339 e. The molecule has 8 heteroatoms. The predicted molar refractivity (Wildman–Crippen MR) is 71.1 cm³/mol. The Morgan fingerprint density at radius 3 is 2.62 bits per heavy atom. The standard InChI is InChI=1S/C13H11N5O3/c1-7-10(13(19)20)6-15-18(7)11-4-3-9(5-14-11)12-16-8(2)17-21-12/h3-6H,1-2H3,(H,19,20). The molecule has 0 bridgehead atoms. The lowest BCUT2D eigenvalue weighted by Crippen LogP contribution is -2.04. The van der Waals surface area contributed by atoms with E-state index in [4.69, 9.17) is 9.63 Å². The van der Waals surface area contributed by atoms with E-state index in [0.717, 1.165) is 0 Å². The van der Waals surface area contributed by atoms with Crippen molar-refractivity contribution in [2.45, 2.75) is 13.8 Å². The lowest BCUT2D eigenvalue weighted by atomic mass is 10.2. The summed E-state index contributed by atoms with van der Waals surface area (Å²) in [5.41, 5.74) is 1.34. The summed E-state index contributed by atoms with van der Waals surface area (Å²) in [5.74, 6) is 0.426. The Bertz CT molecular complexity index is 804. The first kappa shape index (κ1) is 13.0. The van der Waals surface area contributed by atoms with Gasteiger partial charge in [0.25, 0.3) is 5.89 Å². The van der Waals surface area contributed by atoms with Crippen molar-refractivity contribution in [1.29, 1.82) is 0 Å². The molecule has 21 heavy (non-hydrogen) atoms. The summed E-state index contributed by atoms with van der Waals surface area (Å²) in [6.45, 7) is 3.41. The average Bonchev–Trinajstić information content (AvgIpc) is 3.05. The monoisotopic (exact) mass is 285 g/mol. The molecule has 0 radical (unpaired) electrons. The van der Waals surface area contributed by atoms with Crippen LogP contribution in [0.5, 0.6) is 0 Å². The Kier molecular flexibility index (Phi) is 2.98. The largest absolute Gasteiger partial charge is 0.478 e. The summed E-state index contributed by atoms with van der Waals surface area (Å²) in [6.07, 6.45) is 2.87. The minimum Gasteiger partial charge on any atom is -0.478 e. The Morgan fingerprint density at radius 1 is 1.29 bits per heavy atom. The van der Waals surface area contributed by atoms with E-state index < -0.39 is 5.97 Å². The van der Waals surface area contributed by atoms with E-state index in [-0.39, 0.29) is 5.56 Å². The molecule has 8 nitrogen and oxygen atoms in total. The van der Waals surface area contributed by atoms with Gasteiger partial charge in [-0.15, -0.1) is 0 Å². The summed E-state index contributed by atoms with van der Waals surface area (Å²) < 4.78 is 6.52. The molecule has 106 valence electrons. The van der Waals surface area contributed by atoms with Crippen molar-refractivity contribution in [2.75, 3.05) is 0 Å². The Hall–Kier alpha value is -3.03. The highest BCUT2D eigenvalue weighted by molar-refractivity contribution is 5.88. The highest BCUT2D eigenvalue weighted by Gasteiger charge is 2.15. The lowest BCUT2D eigenvalue weighted by molar-refractivity contribution is 0.0696. The summed E-state index contributed by atoms with van der Waals surface area (Å²) >= 11 is 0. The Balaban J connectivity index is 1.96. The van der Waals surface area contributed by atoms with Crippen LogP contribution in [0, 0.1) is 13.8 Å². The van der Waals surface area contributed by atoms with Crippen LogP contribution in [0.2, 0.25) is 0 Å². The zero-order valence-corrected chi connectivity index (χ0v) is 11.3. The SMILES string of the molecule is Cc1noc(-c2ccc(-n3ncc(C(=O)O)c3C)nc2)n1. The third-order valence-electron chi connectivity index (χ3n) is 2.98. The quantitative estimate of drug-likeness (QED) is 0.779. The number of pyridine rings is 1. The number of carboxylic acids is 1. The maximum absolute atomic E-state index is 11.0. The van der Waals surface area contributed by atoms with Crippen LogP contribution in [0.4, 0.5) is 0 Å². The van der Waals surface area contributed by atoms with Crippen molar-refractivity contribution in [3.63, 3.8) is 0 Å². The van der Waals surface area contributed by atoms with Gasteiger partial charge < -0.3 is 9.63 Å². The fourth-order valence-electron chi connectivity index (χ4n) is 1.90. The lowest BCUT2D eigenvalue weighted by Gasteiger charge is -2.03. The van der Waals surface area contributed by atoms with Crippen molar-refractivity contribution < 1.29 is 14.4 Å². The number of carbonyl (C=O) groups is 1. The van der Waals surface area contributed by atoms with Crippen molar-refractivity contribution in [3.05, 3.63) is 41.6 Å². The molecule has 3 rings (SSSR count). The van der Waals surface area contributed by atoms with Crippen LogP contribution in [0.1, 0.15) is 21.9 Å². The topological polar surface area (TPSA) is 107 Å². The van der Waals surface area contributed by atoms with Crippen LogP contribution in [0.25, 0.3) is 17.3 Å². The molecule has 0 spiro atoms. The molecule has 3 aromatic rings. The molecule has 0 fully saturated rings. The second-order valence-corrected chi connectivity index (χ2v) is 4.41. The first-order valence-corrected chi connectivity index (χ1v) is 6.11. The Labute approximate surface area is 119 Å². The predicted octanol–water partition coefficient (Wildman–Crippen LogP) is 1.63. The van der Waals surface area contributed by atoms with Crippen LogP contribution in [0.15, 0.2) is 29.0 Å². The van der Waals surface area contributed by atoms with E-state index in [1.807, 2.05) is 0 Å². The number of aryl methyl sites for hydroxylation is 1. The van der Waals surface area contributed by atoms with Crippen molar-refractivity contribution >= 4 is 5.97 Å². The minimum atomic E-state index is -1.02. The van der Waals surface area contributed by atoms with Crippen molar-refractivity contribution in [1.82, 2.24) is 24.9 Å². The number of rotatable bonds is 3. The van der Waals surface area contributed by atoms with Crippen LogP contribution in [-0.4, -0.2) is 36.0 Å². The van der Waals surface area contributed by atoms with Gasteiger partial charge in [-0.2, -0.15) is 10.1 Å². The van der Waals surface area contributed by atoms with E-state index >= 15 is 0 Å². The molecule has 3 aromatic heterocycles. The maximum atomic E-state index is 11.0. The van der Waals surface area contributed by atoms with E-state index in [0.29, 0.717) is 28.8 Å². The van der Waals surface area contributed by atoms with Crippen molar-refractivity contribution in [3.8, 4) is 17.3 Å². The van der Waals surface area contributed by atoms with Gasteiger partial charge in [0.15, 0.2) is 11.6 Å². The molecule has 0 aliphatic rings. The smallest absolute Gasteiger partial charge is 0.339 e. The van der Waals surface area contributed by atoms with Gasteiger partial charge in [-0.05, 0) is 26.0 Å². The molecular formula is C13H11N5O3. The zero-order chi connectivity index (χ0) is 15.0. The molecule has 0 saturated heterocycles. The first-order chi connectivity index (χ1) is 10.1. The number of hydrogen-bond donors (Lipinski definition) is 1. The van der Waals surface area contributed by atoms with Gasteiger partial charge in [0, 0.05) is 6.20 Å². The van der Waals surface area contributed by atoms with Gasteiger partial charge in [0.2, 0.25) is 0 Å². The van der Waals surface area contributed by atoms with Crippen LogP contribution < -0.4 is 0 Å². The molecule has 0 amide bonds. The number of aromatic nitrogens is 5. The average molecular weight is 285 g/mol. The first-order valence-electron chi connectivity index (χ1n) is 6.11. The molecule has 0 unspecified atom stereocenters. The second-order valence-electron chi connectivity index (χ2n) is 4.41. The van der Waals surface area contributed by atoms with Gasteiger partial charge in [-0.1, -0.05) is 5.16 Å². The van der Waals surface area contributed by atoms with E-state index in [9.17, 15) is 4.79 Å². The highest BCUT2D eigenvalue weighted by Crippen LogP contribution is 2.18. The number of carboxylic acid groups (broad SMARTS) is 1. The van der Waals surface area contributed by atoms with Gasteiger partial charge in [-0.3, -0.25) is 0 Å². The fraction of sp³-hybridized carbons (Fsp3) is 0.154. The minimum absolute atomic E-state index is 0.147. The number of aromatic carboxylic acids is 1. The molecule has 1 N–H and O–H groups in total. The molecule has 0 saturated carbocycles. The summed E-state index contributed by atoms with van der Waals surface area (Å²) in [7, 11) is 0. The summed E-state index contributed by atoms with van der Waals surface area (Å²) in [4.78, 5) is 19.4. The highest BCUT2D eigenvalue weighted by atomic mass is 16.5. The fourth-order valence-corrected chi connectivity index (χ4v) is 1.90. The van der Waals surface area contributed by atoms with E-state index in [2.05, 4.69) is 20.2 Å². The van der Waals surface area contributed by atoms with Crippen molar-refractivity contribution in [2.24, 2.45) is 0 Å².